The Hall–Kier alpha value is -2.85. The fraction of sp³-hybridized carbons (Fsp3) is 0.143. The fourth-order valence-corrected chi connectivity index (χ4v) is 2.79. The summed E-state index contributed by atoms with van der Waals surface area (Å²) < 4.78 is 0. The second-order valence-electron chi connectivity index (χ2n) is 6.13. The van der Waals surface area contributed by atoms with Gasteiger partial charge in [-0.2, -0.15) is 0 Å². The predicted octanol–water partition coefficient (Wildman–Crippen LogP) is 5.22. The number of amides is 1. The number of carbonyl (C=O) groups excluding carboxylic acids is 1. The Labute approximate surface area is 158 Å². The number of aromatic nitrogens is 1. The number of benzene rings is 2. The average molecular weight is 366 g/mol. The zero-order chi connectivity index (χ0) is 18.5. The SMILES string of the molecule is Cc1cccc(C)c1NC(=O)c1cc(NCc2ccc(Cl)cc2)ccn1. The molecule has 0 fully saturated rings. The van der Waals surface area contributed by atoms with Gasteiger partial charge in [0.25, 0.3) is 5.91 Å². The number of hydrogen-bond donors (Lipinski definition) is 2. The van der Waals surface area contributed by atoms with E-state index in [4.69, 9.17) is 11.6 Å². The minimum absolute atomic E-state index is 0.224. The molecular formula is C21H20ClN3O. The fourth-order valence-electron chi connectivity index (χ4n) is 2.66. The van der Waals surface area contributed by atoms with Crippen molar-refractivity contribution in [1.29, 1.82) is 0 Å². The van der Waals surface area contributed by atoms with Crippen LogP contribution in [0.25, 0.3) is 0 Å². The number of pyridine rings is 1. The van der Waals surface area contributed by atoms with E-state index in [0.717, 1.165) is 28.1 Å². The van der Waals surface area contributed by atoms with Gasteiger partial charge in [-0.1, -0.05) is 41.9 Å². The van der Waals surface area contributed by atoms with Crippen LogP contribution in [0.15, 0.2) is 60.8 Å². The van der Waals surface area contributed by atoms with Gasteiger partial charge in [0.1, 0.15) is 5.69 Å². The highest BCUT2D eigenvalue weighted by Gasteiger charge is 2.11. The largest absolute Gasteiger partial charge is 0.381 e. The van der Waals surface area contributed by atoms with Gasteiger partial charge in [-0.25, -0.2) is 0 Å². The van der Waals surface area contributed by atoms with E-state index in [1.165, 1.54) is 0 Å². The van der Waals surface area contributed by atoms with E-state index >= 15 is 0 Å². The molecule has 3 rings (SSSR count). The van der Waals surface area contributed by atoms with E-state index in [2.05, 4.69) is 15.6 Å². The molecular weight excluding hydrogens is 346 g/mol. The zero-order valence-corrected chi connectivity index (χ0v) is 15.5. The van der Waals surface area contributed by atoms with Gasteiger partial charge in [0.05, 0.1) is 0 Å². The van der Waals surface area contributed by atoms with Crippen molar-refractivity contribution < 1.29 is 4.79 Å². The summed E-state index contributed by atoms with van der Waals surface area (Å²) in [5.74, 6) is -0.224. The third-order valence-corrected chi connectivity index (χ3v) is 4.37. The number of rotatable bonds is 5. The molecule has 0 atom stereocenters. The van der Waals surface area contributed by atoms with Gasteiger partial charge in [0, 0.05) is 29.1 Å². The summed E-state index contributed by atoms with van der Waals surface area (Å²) >= 11 is 5.90. The summed E-state index contributed by atoms with van der Waals surface area (Å²) in [6.07, 6.45) is 1.63. The van der Waals surface area contributed by atoms with Crippen molar-refractivity contribution >= 4 is 28.9 Å². The number of halogens is 1. The van der Waals surface area contributed by atoms with Crippen molar-refractivity contribution in [3.05, 3.63) is 88.2 Å². The highest BCUT2D eigenvalue weighted by Crippen LogP contribution is 2.20. The highest BCUT2D eigenvalue weighted by molar-refractivity contribution is 6.30. The smallest absolute Gasteiger partial charge is 0.274 e. The van der Waals surface area contributed by atoms with Crippen molar-refractivity contribution in [1.82, 2.24) is 4.98 Å². The van der Waals surface area contributed by atoms with Crippen LogP contribution in [0.3, 0.4) is 0 Å². The summed E-state index contributed by atoms with van der Waals surface area (Å²) in [4.78, 5) is 16.8. The maximum Gasteiger partial charge on any atom is 0.274 e. The molecule has 132 valence electrons. The van der Waals surface area contributed by atoms with Crippen LogP contribution in [0.5, 0.6) is 0 Å². The molecule has 0 saturated heterocycles. The lowest BCUT2D eigenvalue weighted by atomic mass is 10.1. The maximum atomic E-state index is 12.6. The van der Waals surface area contributed by atoms with E-state index in [9.17, 15) is 4.79 Å². The topological polar surface area (TPSA) is 54.0 Å². The summed E-state index contributed by atoms with van der Waals surface area (Å²) in [7, 11) is 0. The van der Waals surface area contributed by atoms with Crippen LogP contribution in [-0.2, 0) is 6.54 Å². The van der Waals surface area contributed by atoms with Crippen LogP contribution >= 0.6 is 11.6 Å². The van der Waals surface area contributed by atoms with Gasteiger partial charge in [-0.3, -0.25) is 9.78 Å². The highest BCUT2D eigenvalue weighted by atomic mass is 35.5. The average Bonchev–Trinajstić information content (AvgIpc) is 2.64. The van der Waals surface area contributed by atoms with E-state index in [1.807, 2.05) is 62.4 Å². The molecule has 0 unspecified atom stereocenters. The van der Waals surface area contributed by atoms with Crippen molar-refractivity contribution in [3.63, 3.8) is 0 Å². The monoisotopic (exact) mass is 365 g/mol. The molecule has 0 bridgehead atoms. The first-order chi connectivity index (χ1) is 12.5. The number of para-hydroxylation sites is 1. The van der Waals surface area contributed by atoms with Crippen LogP contribution in [0.1, 0.15) is 27.2 Å². The molecule has 5 heteroatoms. The van der Waals surface area contributed by atoms with E-state index in [0.29, 0.717) is 17.3 Å². The van der Waals surface area contributed by atoms with Crippen LogP contribution in [0.2, 0.25) is 5.02 Å². The first-order valence-corrected chi connectivity index (χ1v) is 8.72. The van der Waals surface area contributed by atoms with Crippen LogP contribution in [0, 0.1) is 13.8 Å². The van der Waals surface area contributed by atoms with E-state index < -0.39 is 0 Å². The molecule has 0 aliphatic heterocycles. The second-order valence-corrected chi connectivity index (χ2v) is 6.57. The number of carbonyl (C=O) groups is 1. The summed E-state index contributed by atoms with van der Waals surface area (Å²) in [5, 5.41) is 6.97. The zero-order valence-electron chi connectivity index (χ0n) is 14.7. The van der Waals surface area contributed by atoms with Crippen LogP contribution in [-0.4, -0.2) is 10.9 Å². The second kappa shape index (κ2) is 8.02. The van der Waals surface area contributed by atoms with E-state index in [1.54, 1.807) is 12.3 Å². The van der Waals surface area contributed by atoms with Crippen LogP contribution in [0.4, 0.5) is 11.4 Å². The Morgan fingerprint density at radius 3 is 2.42 bits per heavy atom. The molecule has 1 heterocycles. The lowest BCUT2D eigenvalue weighted by molar-refractivity contribution is 0.102. The normalized spacial score (nSPS) is 10.4. The van der Waals surface area contributed by atoms with Gasteiger partial charge >= 0.3 is 0 Å². The molecule has 0 aliphatic carbocycles. The minimum Gasteiger partial charge on any atom is -0.381 e. The quantitative estimate of drug-likeness (QED) is 0.652. The first-order valence-electron chi connectivity index (χ1n) is 8.35. The Morgan fingerprint density at radius 2 is 1.73 bits per heavy atom. The summed E-state index contributed by atoms with van der Waals surface area (Å²) in [6.45, 7) is 4.58. The van der Waals surface area contributed by atoms with Crippen molar-refractivity contribution in [2.24, 2.45) is 0 Å². The standard InChI is InChI=1S/C21H20ClN3O/c1-14-4-3-5-15(2)20(14)25-21(26)19-12-18(10-11-23-19)24-13-16-6-8-17(22)9-7-16/h3-12H,13H2,1-2H3,(H,23,24)(H,25,26). The lowest BCUT2D eigenvalue weighted by Crippen LogP contribution is -2.15. The van der Waals surface area contributed by atoms with Gasteiger partial charge in [-0.15, -0.1) is 0 Å². The molecule has 0 saturated carbocycles. The number of nitrogens with one attached hydrogen (secondary N) is 2. The molecule has 1 amide bonds. The Morgan fingerprint density at radius 1 is 1.04 bits per heavy atom. The van der Waals surface area contributed by atoms with Gasteiger partial charge in [0.15, 0.2) is 0 Å². The van der Waals surface area contributed by atoms with Crippen molar-refractivity contribution in [2.75, 3.05) is 10.6 Å². The number of anilines is 2. The Balaban J connectivity index is 1.70. The number of aryl methyl sites for hydroxylation is 2. The minimum atomic E-state index is -0.224. The molecule has 0 radical (unpaired) electrons. The number of nitrogens with zero attached hydrogens (tertiary/aromatic N) is 1. The molecule has 2 N–H and O–H groups in total. The van der Waals surface area contributed by atoms with Gasteiger partial charge in [-0.05, 0) is 54.8 Å². The first kappa shape index (κ1) is 18.0. The number of hydrogen-bond acceptors (Lipinski definition) is 3. The third kappa shape index (κ3) is 4.41. The Bertz CT molecular complexity index is 903. The molecule has 3 aromatic rings. The van der Waals surface area contributed by atoms with Gasteiger partial charge < -0.3 is 10.6 Å². The predicted molar refractivity (Wildman–Crippen MR) is 107 cm³/mol. The molecule has 4 nitrogen and oxygen atoms in total. The van der Waals surface area contributed by atoms with Gasteiger partial charge in [0.2, 0.25) is 0 Å². The molecule has 1 aromatic heterocycles. The van der Waals surface area contributed by atoms with Crippen LogP contribution < -0.4 is 10.6 Å². The third-order valence-electron chi connectivity index (χ3n) is 4.12. The van der Waals surface area contributed by atoms with Crippen molar-refractivity contribution in [3.8, 4) is 0 Å². The maximum absolute atomic E-state index is 12.6. The molecule has 26 heavy (non-hydrogen) atoms. The Kier molecular flexibility index (Phi) is 5.54. The summed E-state index contributed by atoms with van der Waals surface area (Å²) in [5.41, 5.74) is 5.19. The van der Waals surface area contributed by atoms with Crippen molar-refractivity contribution in [2.45, 2.75) is 20.4 Å². The van der Waals surface area contributed by atoms with E-state index in [-0.39, 0.29) is 5.91 Å². The molecule has 0 aliphatic rings. The molecule has 0 spiro atoms. The summed E-state index contributed by atoms with van der Waals surface area (Å²) in [6, 6.07) is 17.1. The molecule has 2 aromatic carbocycles. The lowest BCUT2D eigenvalue weighted by Gasteiger charge is -2.12.